The fourth-order valence-corrected chi connectivity index (χ4v) is 2.26. The molecule has 1 N–H and O–H groups in total. The molecule has 0 fully saturated rings. The van der Waals surface area contributed by atoms with Crippen molar-refractivity contribution in [3.8, 4) is 0 Å². The van der Waals surface area contributed by atoms with E-state index >= 15 is 0 Å². The zero-order valence-electron chi connectivity index (χ0n) is 11.3. The van der Waals surface area contributed by atoms with Crippen molar-refractivity contribution in [2.45, 2.75) is 19.8 Å². The Labute approximate surface area is 117 Å². The summed E-state index contributed by atoms with van der Waals surface area (Å²) >= 11 is 1.52. The number of rotatable bonds is 7. The second-order valence-corrected chi connectivity index (χ2v) is 5.26. The maximum absolute atomic E-state index is 11.7. The Morgan fingerprint density at radius 1 is 1.37 bits per heavy atom. The summed E-state index contributed by atoms with van der Waals surface area (Å²) in [6.07, 6.45) is 1.14. The monoisotopic (exact) mass is 281 g/mol. The number of esters is 1. The van der Waals surface area contributed by atoms with Gasteiger partial charge in [0, 0.05) is 12.1 Å². The van der Waals surface area contributed by atoms with Gasteiger partial charge in [-0.1, -0.05) is 12.1 Å². The molecule has 0 saturated heterocycles. The second kappa shape index (κ2) is 8.58. The van der Waals surface area contributed by atoms with Gasteiger partial charge >= 0.3 is 5.97 Å². The van der Waals surface area contributed by atoms with E-state index in [0.717, 1.165) is 23.4 Å². The minimum absolute atomic E-state index is 0.0198. The number of ether oxygens (including phenoxy) is 1. The molecule has 0 aliphatic rings. The molecule has 1 rings (SSSR count). The normalized spacial score (nSPS) is 10.0. The highest BCUT2D eigenvalue weighted by molar-refractivity contribution is 7.99. The standard InChI is InChI=1S/C14H19NO3S/c1-11-5-3-6-12(9-11)15-13(16)10-19-8-4-7-14(17)18-2/h3,5-6,9H,4,7-8,10H2,1-2H3,(H,15,16). The molecule has 0 atom stereocenters. The second-order valence-electron chi connectivity index (χ2n) is 4.15. The summed E-state index contributed by atoms with van der Waals surface area (Å²) in [4.78, 5) is 22.5. The van der Waals surface area contributed by atoms with Gasteiger partial charge in [-0.15, -0.1) is 0 Å². The van der Waals surface area contributed by atoms with Gasteiger partial charge in [0.15, 0.2) is 0 Å². The molecule has 0 bridgehead atoms. The van der Waals surface area contributed by atoms with Crippen molar-refractivity contribution < 1.29 is 14.3 Å². The Hall–Kier alpha value is -1.49. The van der Waals surface area contributed by atoms with E-state index in [9.17, 15) is 9.59 Å². The average molecular weight is 281 g/mol. The van der Waals surface area contributed by atoms with Crippen LogP contribution in [0.2, 0.25) is 0 Å². The van der Waals surface area contributed by atoms with Crippen molar-refractivity contribution in [1.29, 1.82) is 0 Å². The Bertz CT molecular complexity index is 434. The van der Waals surface area contributed by atoms with Gasteiger partial charge in [0.1, 0.15) is 0 Å². The van der Waals surface area contributed by atoms with Crippen molar-refractivity contribution in [2.75, 3.05) is 23.9 Å². The summed E-state index contributed by atoms with van der Waals surface area (Å²) in [6, 6.07) is 7.69. The molecule has 1 aromatic rings. The van der Waals surface area contributed by atoms with Gasteiger partial charge in [-0.3, -0.25) is 9.59 Å². The minimum Gasteiger partial charge on any atom is -0.469 e. The van der Waals surface area contributed by atoms with Gasteiger partial charge in [-0.2, -0.15) is 11.8 Å². The van der Waals surface area contributed by atoms with E-state index in [4.69, 9.17) is 0 Å². The molecular formula is C14H19NO3S. The molecule has 0 unspecified atom stereocenters. The van der Waals surface area contributed by atoms with Crippen LogP contribution in [0.1, 0.15) is 18.4 Å². The molecule has 5 heteroatoms. The summed E-state index contributed by atoms with van der Waals surface area (Å²) in [6.45, 7) is 1.98. The lowest BCUT2D eigenvalue weighted by Crippen LogP contribution is -2.14. The van der Waals surface area contributed by atoms with E-state index in [1.807, 2.05) is 31.2 Å². The summed E-state index contributed by atoms with van der Waals surface area (Å²) in [5.41, 5.74) is 1.93. The molecular weight excluding hydrogens is 262 g/mol. The number of amides is 1. The van der Waals surface area contributed by atoms with Crippen molar-refractivity contribution in [1.82, 2.24) is 0 Å². The molecule has 0 saturated carbocycles. The third-order valence-corrected chi connectivity index (χ3v) is 3.48. The van der Waals surface area contributed by atoms with Crippen LogP contribution >= 0.6 is 11.8 Å². The number of hydrogen-bond donors (Lipinski definition) is 1. The highest BCUT2D eigenvalue weighted by atomic mass is 32.2. The number of thioether (sulfide) groups is 1. The number of anilines is 1. The van der Waals surface area contributed by atoms with Gasteiger partial charge in [-0.25, -0.2) is 0 Å². The van der Waals surface area contributed by atoms with E-state index in [2.05, 4.69) is 10.1 Å². The lowest BCUT2D eigenvalue weighted by molar-refractivity contribution is -0.140. The Morgan fingerprint density at radius 3 is 2.84 bits per heavy atom. The average Bonchev–Trinajstić information content (AvgIpc) is 2.38. The highest BCUT2D eigenvalue weighted by Gasteiger charge is 2.04. The molecule has 1 aromatic carbocycles. The number of aryl methyl sites for hydroxylation is 1. The van der Waals surface area contributed by atoms with Crippen molar-refractivity contribution in [3.05, 3.63) is 29.8 Å². The molecule has 19 heavy (non-hydrogen) atoms. The fourth-order valence-electron chi connectivity index (χ4n) is 1.51. The van der Waals surface area contributed by atoms with Crippen LogP contribution in [0.5, 0.6) is 0 Å². The molecule has 0 aliphatic carbocycles. The first kappa shape index (κ1) is 15.6. The van der Waals surface area contributed by atoms with Crippen LogP contribution in [-0.2, 0) is 14.3 Å². The lowest BCUT2D eigenvalue weighted by atomic mass is 10.2. The van der Waals surface area contributed by atoms with Gasteiger partial charge in [0.2, 0.25) is 5.91 Å². The van der Waals surface area contributed by atoms with E-state index in [0.29, 0.717) is 12.2 Å². The van der Waals surface area contributed by atoms with Gasteiger partial charge < -0.3 is 10.1 Å². The summed E-state index contributed by atoms with van der Waals surface area (Å²) in [5, 5.41) is 2.84. The molecule has 0 aliphatic heterocycles. The quantitative estimate of drug-likeness (QED) is 0.616. The fraction of sp³-hybridized carbons (Fsp3) is 0.429. The van der Waals surface area contributed by atoms with Crippen LogP contribution in [0, 0.1) is 6.92 Å². The molecule has 0 spiro atoms. The first-order chi connectivity index (χ1) is 9.11. The van der Waals surface area contributed by atoms with Crippen molar-refractivity contribution >= 4 is 29.3 Å². The molecule has 0 radical (unpaired) electrons. The lowest BCUT2D eigenvalue weighted by Gasteiger charge is -2.05. The topological polar surface area (TPSA) is 55.4 Å². The molecule has 0 aromatic heterocycles. The smallest absolute Gasteiger partial charge is 0.305 e. The van der Waals surface area contributed by atoms with Crippen LogP contribution in [-0.4, -0.2) is 30.5 Å². The number of hydrogen-bond acceptors (Lipinski definition) is 4. The predicted molar refractivity (Wildman–Crippen MR) is 78.4 cm³/mol. The van der Waals surface area contributed by atoms with Crippen LogP contribution in [0.4, 0.5) is 5.69 Å². The molecule has 4 nitrogen and oxygen atoms in total. The van der Waals surface area contributed by atoms with Crippen molar-refractivity contribution in [3.63, 3.8) is 0 Å². The maximum Gasteiger partial charge on any atom is 0.305 e. The van der Waals surface area contributed by atoms with E-state index in [1.54, 1.807) is 0 Å². The zero-order chi connectivity index (χ0) is 14.1. The van der Waals surface area contributed by atoms with Gasteiger partial charge in [0.05, 0.1) is 12.9 Å². The number of nitrogens with one attached hydrogen (secondary N) is 1. The van der Waals surface area contributed by atoms with E-state index in [-0.39, 0.29) is 11.9 Å². The van der Waals surface area contributed by atoms with Crippen molar-refractivity contribution in [2.24, 2.45) is 0 Å². The van der Waals surface area contributed by atoms with Gasteiger partial charge in [-0.05, 0) is 36.8 Å². The largest absolute Gasteiger partial charge is 0.469 e. The third-order valence-electron chi connectivity index (χ3n) is 2.43. The number of carbonyl (C=O) groups is 2. The van der Waals surface area contributed by atoms with Crippen LogP contribution in [0.3, 0.4) is 0 Å². The first-order valence-electron chi connectivity index (χ1n) is 6.13. The highest BCUT2D eigenvalue weighted by Crippen LogP contribution is 2.11. The first-order valence-corrected chi connectivity index (χ1v) is 7.28. The molecule has 1 amide bonds. The van der Waals surface area contributed by atoms with E-state index in [1.165, 1.54) is 18.9 Å². The SMILES string of the molecule is COC(=O)CCCSCC(=O)Nc1cccc(C)c1. The minimum atomic E-state index is -0.204. The third kappa shape index (κ3) is 6.86. The summed E-state index contributed by atoms with van der Waals surface area (Å²) in [5.74, 6) is 0.948. The Morgan fingerprint density at radius 2 is 2.16 bits per heavy atom. The zero-order valence-corrected chi connectivity index (χ0v) is 12.1. The summed E-state index contributed by atoms with van der Waals surface area (Å²) < 4.78 is 4.54. The number of carbonyl (C=O) groups excluding carboxylic acids is 2. The molecule has 0 heterocycles. The van der Waals surface area contributed by atoms with Gasteiger partial charge in [0.25, 0.3) is 0 Å². The Balaban J connectivity index is 2.16. The van der Waals surface area contributed by atoms with E-state index < -0.39 is 0 Å². The number of benzene rings is 1. The van der Waals surface area contributed by atoms with Crippen LogP contribution in [0.15, 0.2) is 24.3 Å². The summed E-state index contributed by atoms with van der Waals surface area (Å²) in [7, 11) is 1.38. The number of methoxy groups -OCH3 is 1. The predicted octanol–water partition coefficient (Wildman–Crippen LogP) is 2.62. The maximum atomic E-state index is 11.7. The Kier molecular flexibility index (Phi) is 7.03. The molecule has 104 valence electrons. The van der Waals surface area contributed by atoms with Crippen LogP contribution < -0.4 is 5.32 Å². The van der Waals surface area contributed by atoms with Crippen LogP contribution in [0.25, 0.3) is 0 Å².